The van der Waals surface area contributed by atoms with E-state index in [1.807, 2.05) is 48.6 Å². The van der Waals surface area contributed by atoms with Crippen LogP contribution in [0.25, 0.3) is 34.5 Å². The molecule has 8 heteroatoms. The molecule has 200 valence electrons. The van der Waals surface area contributed by atoms with Crippen LogP contribution in [-0.4, -0.2) is 20.6 Å². The number of phenolic OH excluding ortho intramolecular Hbond substituents is 1. The lowest BCUT2D eigenvalue weighted by atomic mass is 10.0. The predicted molar refractivity (Wildman–Crippen MR) is 158 cm³/mol. The van der Waals surface area contributed by atoms with Gasteiger partial charge in [0.2, 0.25) is 5.91 Å². The minimum Gasteiger partial charge on any atom is -0.508 e. The van der Waals surface area contributed by atoms with E-state index in [4.69, 9.17) is 28.2 Å². The fraction of sp³-hybridized carbons (Fsp3) is 0.0625. The lowest BCUT2D eigenvalue weighted by Crippen LogP contribution is -2.27. The molecule has 0 bridgehead atoms. The van der Waals surface area contributed by atoms with Gasteiger partial charge in [0.15, 0.2) is 0 Å². The zero-order valence-corrected chi connectivity index (χ0v) is 22.7. The molecule has 5 nitrogen and oxygen atoms in total. The second kappa shape index (κ2) is 12.2. The van der Waals surface area contributed by atoms with Crippen molar-refractivity contribution in [1.29, 1.82) is 0 Å². The van der Waals surface area contributed by atoms with E-state index in [0.29, 0.717) is 27.1 Å². The predicted octanol–water partition coefficient (Wildman–Crippen LogP) is 7.86. The van der Waals surface area contributed by atoms with Gasteiger partial charge < -0.3 is 15.0 Å². The van der Waals surface area contributed by atoms with Gasteiger partial charge in [-0.15, -0.1) is 0 Å². The molecule has 1 amide bonds. The van der Waals surface area contributed by atoms with Gasteiger partial charge in [-0.1, -0.05) is 77.8 Å². The Kier molecular flexibility index (Phi) is 8.29. The largest absolute Gasteiger partial charge is 0.508 e. The Labute approximate surface area is 241 Å². The molecule has 0 radical (unpaired) electrons. The maximum Gasteiger partial charge on any atom is 0.240 e. The first-order chi connectivity index (χ1) is 19.3. The summed E-state index contributed by atoms with van der Waals surface area (Å²) in [5.74, 6) is 0.249. The number of imidazole rings is 1. The van der Waals surface area contributed by atoms with Gasteiger partial charge >= 0.3 is 0 Å². The standard InChI is InChI=1S/C32H24Cl2FN3O2/c33-25-10-15-28(29(34)17-25)30-19-38(20-32(40)36-18-22-3-11-26(35)12-4-22)31(37-30)16-5-21-1-6-23(7-2-21)24-8-13-27(39)14-9-24/h1-17,19,39H,18,20H2,(H,36,40). The molecule has 2 N–H and O–H groups in total. The monoisotopic (exact) mass is 571 g/mol. The first-order valence-corrected chi connectivity index (χ1v) is 13.2. The fourth-order valence-corrected chi connectivity index (χ4v) is 4.65. The normalized spacial score (nSPS) is 11.2. The molecule has 0 aliphatic rings. The molecular formula is C32H24Cl2FN3O2. The summed E-state index contributed by atoms with van der Waals surface area (Å²) in [5.41, 5.74) is 5.07. The number of aromatic hydroxyl groups is 1. The average Bonchev–Trinajstić information content (AvgIpc) is 3.34. The number of amides is 1. The van der Waals surface area contributed by atoms with Crippen LogP contribution >= 0.6 is 23.2 Å². The average molecular weight is 572 g/mol. The SMILES string of the molecule is O=C(Cn1cc(-c2ccc(Cl)cc2Cl)nc1C=Cc1ccc(-c2ccc(O)cc2)cc1)NCc1ccc(F)cc1. The Hall–Kier alpha value is -4.39. The fourth-order valence-electron chi connectivity index (χ4n) is 4.14. The van der Waals surface area contributed by atoms with E-state index in [0.717, 1.165) is 22.3 Å². The van der Waals surface area contributed by atoms with E-state index in [2.05, 4.69) is 5.32 Å². The topological polar surface area (TPSA) is 67.2 Å². The van der Waals surface area contributed by atoms with Crippen molar-refractivity contribution in [3.8, 4) is 28.1 Å². The molecule has 5 aromatic rings. The molecule has 0 saturated heterocycles. The van der Waals surface area contributed by atoms with Gasteiger partial charge in [0.05, 0.1) is 10.7 Å². The minimum atomic E-state index is -0.326. The van der Waals surface area contributed by atoms with E-state index in [9.17, 15) is 14.3 Å². The molecular weight excluding hydrogens is 548 g/mol. The number of hydrogen-bond donors (Lipinski definition) is 2. The van der Waals surface area contributed by atoms with Crippen LogP contribution in [0.3, 0.4) is 0 Å². The van der Waals surface area contributed by atoms with Crippen molar-refractivity contribution in [1.82, 2.24) is 14.9 Å². The number of carbonyl (C=O) groups is 1. The lowest BCUT2D eigenvalue weighted by Gasteiger charge is -2.08. The van der Waals surface area contributed by atoms with Crippen LogP contribution in [0.4, 0.5) is 4.39 Å². The van der Waals surface area contributed by atoms with Gasteiger partial charge in [0, 0.05) is 23.3 Å². The van der Waals surface area contributed by atoms with Gasteiger partial charge in [-0.2, -0.15) is 0 Å². The Morgan fingerprint density at radius 1 is 0.900 bits per heavy atom. The molecule has 1 aromatic heterocycles. The second-order valence-corrected chi connectivity index (χ2v) is 9.99. The van der Waals surface area contributed by atoms with Crippen molar-refractivity contribution >= 4 is 41.3 Å². The molecule has 0 unspecified atom stereocenters. The van der Waals surface area contributed by atoms with Crippen molar-refractivity contribution in [2.75, 3.05) is 0 Å². The van der Waals surface area contributed by atoms with Gasteiger partial charge in [-0.25, -0.2) is 9.37 Å². The molecule has 40 heavy (non-hydrogen) atoms. The van der Waals surface area contributed by atoms with E-state index < -0.39 is 0 Å². The highest BCUT2D eigenvalue weighted by atomic mass is 35.5. The van der Waals surface area contributed by atoms with Gasteiger partial charge in [0.25, 0.3) is 0 Å². The zero-order chi connectivity index (χ0) is 28.1. The number of aromatic nitrogens is 2. The molecule has 4 aromatic carbocycles. The highest BCUT2D eigenvalue weighted by Gasteiger charge is 2.14. The highest BCUT2D eigenvalue weighted by Crippen LogP contribution is 2.30. The third-order valence-corrected chi connectivity index (χ3v) is 6.82. The summed E-state index contributed by atoms with van der Waals surface area (Å²) < 4.78 is 14.9. The van der Waals surface area contributed by atoms with E-state index in [1.54, 1.807) is 53.2 Å². The number of rotatable bonds is 8. The number of nitrogens with zero attached hydrogens (tertiary/aromatic N) is 2. The molecule has 0 spiro atoms. The van der Waals surface area contributed by atoms with E-state index >= 15 is 0 Å². The maximum absolute atomic E-state index is 13.2. The van der Waals surface area contributed by atoms with Crippen LogP contribution in [-0.2, 0) is 17.9 Å². The van der Waals surface area contributed by atoms with Crippen LogP contribution in [0.5, 0.6) is 5.75 Å². The summed E-state index contributed by atoms with van der Waals surface area (Å²) in [4.78, 5) is 17.6. The van der Waals surface area contributed by atoms with E-state index in [-0.39, 0.29) is 30.6 Å². The first-order valence-electron chi connectivity index (χ1n) is 12.5. The minimum absolute atomic E-state index is 0.0267. The summed E-state index contributed by atoms with van der Waals surface area (Å²) in [6, 6.07) is 26.2. The summed E-state index contributed by atoms with van der Waals surface area (Å²) >= 11 is 12.5. The number of carbonyl (C=O) groups excluding carboxylic acids is 1. The Balaban J connectivity index is 1.37. The molecule has 0 aliphatic heterocycles. The van der Waals surface area contributed by atoms with Crippen molar-refractivity contribution < 1.29 is 14.3 Å². The maximum atomic E-state index is 13.2. The van der Waals surface area contributed by atoms with Crippen molar-refractivity contribution in [2.45, 2.75) is 13.1 Å². The Bertz CT molecular complexity index is 1660. The summed E-state index contributed by atoms with van der Waals surface area (Å²) in [6.07, 6.45) is 5.54. The molecule has 0 saturated carbocycles. The van der Waals surface area contributed by atoms with Crippen LogP contribution in [0, 0.1) is 5.82 Å². The van der Waals surface area contributed by atoms with Crippen LogP contribution < -0.4 is 5.32 Å². The Morgan fingerprint density at radius 3 is 2.25 bits per heavy atom. The summed E-state index contributed by atoms with van der Waals surface area (Å²) in [5, 5.41) is 13.4. The number of halogens is 3. The lowest BCUT2D eigenvalue weighted by molar-refractivity contribution is -0.121. The third kappa shape index (κ3) is 6.78. The van der Waals surface area contributed by atoms with Crippen molar-refractivity contribution in [3.05, 3.63) is 130 Å². The molecule has 0 aliphatic carbocycles. The number of phenols is 1. The van der Waals surface area contributed by atoms with E-state index in [1.165, 1.54) is 12.1 Å². The Morgan fingerprint density at radius 2 is 1.57 bits per heavy atom. The summed E-state index contributed by atoms with van der Waals surface area (Å²) in [6.45, 7) is 0.307. The molecule has 0 fully saturated rings. The second-order valence-electron chi connectivity index (χ2n) is 9.14. The van der Waals surface area contributed by atoms with Crippen LogP contribution in [0.15, 0.2) is 97.2 Å². The summed E-state index contributed by atoms with van der Waals surface area (Å²) in [7, 11) is 0. The zero-order valence-electron chi connectivity index (χ0n) is 21.2. The molecule has 1 heterocycles. The van der Waals surface area contributed by atoms with Crippen molar-refractivity contribution in [2.24, 2.45) is 0 Å². The number of hydrogen-bond acceptors (Lipinski definition) is 3. The smallest absolute Gasteiger partial charge is 0.240 e. The van der Waals surface area contributed by atoms with Gasteiger partial charge in [-0.3, -0.25) is 4.79 Å². The van der Waals surface area contributed by atoms with Crippen molar-refractivity contribution in [3.63, 3.8) is 0 Å². The van der Waals surface area contributed by atoms with Gasteiger partial charge in [0.1, 0.15) is 23.9 Å². The molecule has 0 atom stereocenters. The number of nitrogens with one attached hydrogen (secondary N) is 1. The number of benzene rings is 4. The van der Waals surface area contributed by atoms with Crippen LogP contribution in [0.2, 0.25) is 10.0 Å². The first kappa shape index (κ1) is 27.2. The highest BCUT2D eigenvalue weighted by molar-refractivity contribution is 6.36. The quantitative estimate of drug-likeness (QED) is 0.199. The van der Waals surface area contributed by atoms with Crippen LogP contribution in [0.1, 0.15) is 17.0 Å². The third-order valence-electron chi connectivity index (χ3n) is 6.27. The van der Waals surface area contributed by atoms with Gasteiger partial charge in [-0.05, 0) is 70.8 Å². The molecule has 5 rings (SSSR count).